The normalized spacial score (nSPS) is 24.9. The van der Waals surface area contributed by atoms with Crippen molar-refractivity contribution in [1.82, 2.24) is 0 Å². The van der Waals surface area contributed by atoms with E-state index in [0.717, 1.165) is 12.7 Å². The number of aldehydes is 1. The fraction of sp³-hybridized carbons (Fsp3) is 0.875. The van der Waals surface area contributed by atoms with E-state index >= 15 is 0 Å². The minimum absolute atomic E-state index is 0.134. The molecular weight excluding hydrogens is 144 g/mol. The van der Waals surface area contributed by atoms with Gasteiger partial charge in [-0.15, -0.1) is 0 Å². The smallest absolute Gasteiger partial charge is 0.175 e. The molecule has 1 heterocycles. The zero-order valence-electron chi connectivity index (χ0n) is 7.00. The van der Waals surface area contributed by atoms with E-state index in [9.17, 15) is 4.79 Å². The van der Waals surface area contributed by atoms with Crippen LogP contribution >= 0.6 is 0 Å². The highest BCUT2D eigenvalue weighted by atomic mass is 16.7. The molecule has 1 aliphatic heterocycles. The molecule has 0 aromatic rings. The summed E-state index contributed by atoms with van der Waals surface area (Å²) in [7, 11) is 0. The molecule has 1 unspecified atom stereocenters. The Kier molecular flexibility index (Phi) is 2.62. The topological polar surface area (TPSA) is 35.5 Å². The van der Waals surface area contributed by atoms with E-state index < -0.39 is 5.79 Å². The Hall–Kier alpha value is -0.410. The van der Waals surface area contributed by atoms with Crippen molar-refractivity contribution in [2.24, 2.45) is 5.92 Å². The first-order valence-corrected chi connectivity index (χ1v) is 3.96. The Bertz CT molecular complexity index is 138. The third-order valence-electron chi connectivity index (χ3n) is 2.14. The van der Waals surface area contributed by atoms with Gasteiger partial charge in [0.1, 0.15) is 6.29 Å². The predicted molar refractivity (Wildman–Crippen MR) is 40.2 cm³/mol. The summed E-state index contributed by atoms with van der Waals surface area (Å²) in [6, 6.07) is 0. The fourth-order valence-electron chi connectivity index (χ4n) is 1.33. The first kappa shape index (κ1) is 8.68. The van der Waals surface area contributed by atoms with Crippen LogP contribution < -0.4 is 0 Å². The summed E-state index contributed by atoms with van der Waals surface area (Å²) in [6.07, 6.45) is 1.67. The third kappa shape index (κ3) is 1.60. The second-order valence-electron chi connectivity index (χ2n) is 2.86. The van der Waals surface area contributed by atoms with E-state index in [4.69, 9.17) is 9.47 Å². The maximum atomic E-state index is 10.6. The Morgan fingerprint density at radius 1 is 1.55 bits per heavy atom. The summed E-state index contributed by atoms with van der Waals surface area (Å²) in [5, 5.41) is 0. The molecule has 3 heteroatoms. The van der Waals surface area contributed by atoms with Crippen LogP contribution in [0.1, 0.15) is 20.3 Å². The van der Waals surface area contributed by atoms with E-state index in [-0.39, 0.29) is 5.92 Å². The minimum Gasteiger partial charge on any atom is -0.347 e. The van der Waals surface area contributed by atoms with Gasteiger partial charge in [0.2, 0.25) is 0 Å². The molecule has 0 aromatic heterocycles. The van der Waals surface area contributed by atoms with Crippen molar-refractivity contribution >= 4 is 6.29 Å². The highest BCUT2D eigenvalue weighted by molar-refractivity contribution is 5.55. The van der Waals surface area contributed by atoms with Crippen LogP contribution in [0.4, 0.5) is 0 Å². The van der Waals surface area contributed by atoms with Crippen molar-refractivity contribution in [3.8, 4) is 0 Å². The molecule has 0 spiro atoms. The van der Waals surface area contributed by atoms with E-state index in [1.807, 2.05) is 13.8 Å². The van der Waals surface area contributed by atoms with Crippen molar-refractivity contribution in [3.63, 3.8) is 0 Å². The summed E-state index contributed by atoms with van der Waals surface area (Å²) < 4.78 is 10.7. The van der Waals surface area contributed by atoms with E-state index in [2.05, 4.69) is 0 Å². The Balaban J connectivity index is 2.60. The quantitative estimate of drug-likeness (QED) is 0.574. The lowest BCUT2D eigenvalue weighted by atomic mass is 9.99. The van der Waals surface area contributed by atoms with Crippen LogP contribution in [0, 0.1) is 5.92 Å². The number of ether oxygens (including phenoxy) is 2. The van der Waals surface area contributed by atoms with Gasteiger partial charge in [0.05, 0.1) is 19.1 Å². The van der Waals surface area contributed by atoms with Gasteiger partial charge < -0.3 is 14.3 Å². The van der Waals surface area contributed by atoms with E-state index in [1.165, 1.54) is 0 Å². The van der Waals surface area contributed by atoms with Gasteiger partial charge in [0.15, 0.2) is 5.79 Å². The number of carbonyl (C=O) groups is 1. The van der Waals surface area contributed by atoms with Crippen LogP contribution in [0.15, 0.2) is 0 Å². The second-order valence-corrected chi connectivity index (χ2v) is 2.86. The van der Waals surface area contributed by atoms with E-state index in [0.29, 0.717) is 13.2 Å². The van der Waals surface area contributed by atoms with Gasteiger partial charge in [-0.05, 0) is 13.3 Å². The van der Waals surface area contributed by atoms with Gasteiger partial charge in [-0.25, -0.2) is 0 Å². The van der Waals surface area contributed by atoms with Gasteiger partial charge in [-0.3, -0.25) is 0 Å². The zero-order valence-corrected chi connectivity index (χ0v) is 7.00. The van der Waals surface area contributed by atoms with E-state index in [1.54, 1.807) is 0 Å². The zero-order chi connectivity index (χ0) is 8.32. The van der Waals surface area contributed by atoms with Crippen molar-refractivity contribution in [3.05, 3.63) is 0 Å². The molecule has 0 aliphatic carbocycles. The molecule has 0 N–H and O–H groups in total. The van der Waals surface area contributed by atoms with Crippen molar-refractivity contribution in [2.75, 3.05) is 13.2 Å². The number of carbonyl (C=O) groups excluding carboxylic acids is 1. The predicted octanol–water partition coefficient (Wildman–Crippen LogP) is 0.974. The third-order valence-corrected chi connectivity index (χ3v) is 2.14. The molecule has 1 rings (SSSR count). The van der Waals surface area contributed by atoms with Crippen LogP contribution in [-0.4, -0.2) is 25.3 Å². The highest BCUT2D eigenvalue weighted by Crippen LogP contribution is 2.28. The fourth-order valence-corrected chi connectivity index (χ4v) is 1.33. The van der Waals surface area contributed by atoms with Crippen LogP contribution in [0.2, 0.25) is 0 Å². The Labute approximate surface area is 66.7 Å². The van der Waals surface area contributed by atoms with Crippen molar-refractivity contribution in [1.29, 1.82) is 0 Å². The Morgan fingerprint density at radius 3 is 2.45 bits per heavy atom. The molecule has 0 aromatic carbocycles. The van der Waals surface area contributed by atoms with Gasteiger partial charge in [-0.2, -0.15) is 0 Å². The molecule has 0 radical (unpaired) electrons. The van der Waals surface area contributed by atoms with Gasteiger partial charge in [0, 0.05) is 0 Å². The highest BCUT2D eigenvalue weighted by Gasteiger charge is 2.38. The number of hydrogen-bond acceptors (Lipinski definition) is 3. The molecule has 1 saturated heterocycles. The maximum absolute atomic E-state index is 10.6. The lowest BCUT2D eigenvalue weighted by Crippen LogP contribution is -2.36. The van der Waals surface area contributed by atoms with Gasteiger partial charge in [-0.1, -0.05) is 6.92 Å². The number of hydrogen-bond donors (Lipinski definition) is 0. The minimum atomic E-state index is -0.656. The second kappa shape index (κ2) is 3.32. The molecule has 0 amide bonds. The van der Waals surface area contributed by atoms with Crippen LogP contribution in [-0.2, 0) is 14.3 Å². The van der Waals surface area contributed by atoms with Gasteiger partial charge in [0.25, 0.3) is 0 Å². The molecule has 1 aliphatic rings. The van der Waals surface area contributed by atoms with Gasteiger partial charge >= 0.3 is 0 Å². The van der Waals surface area contributed by atoms with Crippen LogP contribution in [0.5, 0.6) is 0 Å². The average Bonchev–Trinajstić information content (AvgIpc) is 2.39. The summed E-state index contributed by atoms with van der Waals surface area (Å²) in [4.78, 5) is 10.6. The summed E-state index contributed by atoms with van der Waals surface area (Å²) in [5.41, 5.74) is 0. The number of rotatable bonds is 3. The average molecular weight is 158 g/mol. The summed E-state index contributed by atoms with van der Waals surface area (Å²) in [6.45, 7) is 4.97. The Morgan fingerprint density at radius 2 is 2.09 bits per heavy atom. The standard InChI is InChI=1S/C8H14O3/c1-3-7(6-9)8(2)10-4-5-11-8/h6-7H,3-5H2,1-2H3. The summed E-state index contributed by atoms with van der Waals surface area (Å²) >= 11 is 0. The first-order valence-electron chi connectivity index (χ1n) is 3.96. The van der Waals surface area contributed by atoms with Crippen molar-refractivity contribution < 1.29 is 14.3 Å². The molecule has 11 heavy (non-hydrogen) atoms. The molecule has 0 bridgehead atoms. The summed E-state index contributed by atoms with van der Waals surface area (Å²) in [5.74, 6) is -0.791. The van der Waals surface area contributed by atoms with Crippen LogP contribution in [0.3, 0.4) is 0 Å². The molecule has 1 fully saturated rings. The SMILES string of the molecule is CCC(C=O)C1(C)OCCO1. The lowest BCUT2D eigenvalue weighted by molar-refractivity contribution is -0.180. The van der Waals surface area contributed by atoms with Crippen molar-refractivity contribution in [2.45, 2.75) is 26.1 Å². The molecular formula is C8H14O3. The molecule has 3 nitrogen and oxygen atoms in total. The molecule has 1 atom stereocenters. The molecule has 0 saturated carbocycles. The largest absolute Gasteiger partial charge is 0.347 e. The first-order chi connectivity index (χ1) is 5.23. The lowest BCUT2D eigenvalue weighted by Gasteiger charge is -2.27. The molecule has 64 valence electrons. The van der Waals surface area contributed by atoms with Crippen LogP contribution in [0.25, 0.3) is 0 Å². The monoisotopic (exact) mass is 158 g/mol. The maximum Gasteiger partial charge on any atom is 0.175 e.